The van der Waals surface area contributed by atoms with Gasteiger partial charge in [-0.25, -0.2) is 0 Å². The summed E-state index contributed by atoms with van der Waals surface area (Å²) in [6.45, 7) is 3.44. The van der Waals surface area contributed by atoms with E-state index in [2.05, 4.69) is 5.32 Å². The van der Waals surface area contributed by atoms with Crippen LogP contribution in [0.25, 0.3) is 0 Å². The van der Waals surface area contributed by atoms with Crippen molar-refractivity contribution in [3.8, 4) is 0 Å². The first kappa shape index (κ1) is 19.6. The lowest BCUT2D eigenvalue weighted by Gasteiger charge is -2.19. The largest absolute Gasteiger partial charge is 0.456 e. The van der Waals surface area contributed by atoms with E-state index in [4.69, 9.17) is 4.74 Å². The number of imide groups is 1. The molecule has 2 saturated carbocycles. The van der Waals surface area contributed by atoms with Gasteiger partial charge in [0.2, 0.25) is 11.8 Å². The number of ether oxygens (including phenoxy) is 1. The van der Waals surface area contributed by atoms with Gasteiger partial charge < -0.3 is 10.1 Å². The van der Waals surface area contributed by atoms with Gasteiger partial charge in [-0.2, -0.15) is 0 Å². The summed E-state index contributed by atoms with van der Waals surface area (Å²) in [7, 11) is 0. The van der Waals surface area contributed by atoms with Gasteiger partial charge in [-0.1, -0.05) is 12.1 Å². The molecule has 0 unspecified atom stereocenters. The van der Waals surface area contributed by atoms with E-state index in [1.807, 2.05) is 32.0 Å². The fourth-order valence-electron chi connectivity index (χ4n) is 5.17. The number of hydrogen-bond acceptors (Lipinski definition) is 5. The Hall–Kier alpha value is -2.70. The molecule has 2 aliphatic carbocycles. The van der Waals surface area contributed by atoms with E-state index in [1.54, 1.807) is 0 Å². The van der Waals surface area contributed by atoms with Crippen molar-refractivity contribution in [3.63, 3.8) is 0 Å². The summed E-state index contributed by atoms with van der Waals surface area (Å²) in [5.74, 6) is -0.992. The van der Waals surface area contributed by atoms with Gasteiger partial charge >= 0.3 is 5.97 Å². The summed E-state index contributed by atoms with van der Waals surface area (Å²) in [5, 5.41) is 2.73. The highest BCUT2D eigenvalue weighted by Crippen LogP contribution is 2.56. The van der Waals surface area contributed by atoms with Crippen LogP contribution in [0, 0.1) is 37.5 Å². The monoisotopic (exact) mass is 398 g/mol. The molecule has 4 rings (SSSR count). The Morgan fingerprint density at radius 3 is 2.41 bits per heavy atom. The number of rotatable bonds is 6. The molecular weight excluding hydrogens is 372 g/mol. The van der Waals surface area contributed by atoms with Gasteiger partial charge in [0, 0.05) is 12.2 Å². The van der Waals surface area contributed by atoms with E-state index in [1.165, 1.54) is 4.90 Å². The number of amides is 3. The van der Waals surface area contributed by atoms with E-state index in [0.29, 0.717) is 17.5 Å². The van der Waals surface area contributed by atoms with Gasteiger partial charge in [0.25, 0.3) is 5.91 Å². The Morgan fingerprint density at radius 2 is 1.76 bits per heavy atom. The maximum Gasteiger partial charge on any atom is 0.308 e. The Bertz CT molecular complexity index is 852. The van der Waals surface area contributed by atoms with Crippen LogP contribution < -0.4 is 5.32 Å². The summed E-state index contributed by atoms with van der Waals surface area (Å²) in [6.07, 6.45) is 2.94. The van der Waals surface area contributed by atoms with Gasteiger partial charge in [0.1, 0.15) is 0 Å². The highest BCUT2D eigenvalue weighted by molar-refractivity contribution is 6.06. The zero-order valence-electron chi connectivity index (χ0n) is 16.8. The van der Waals surface area contributed by atoms with Crippen LogP contribution in [0.2, 0.25) is 0 Å². The number of fused-ring (bicyclic) bond motifs is 5. The summed E-state index contributed by atoms with van der Waals surface area (Å²) in [4.78, 5) is 50.5. The molecule has 0 aromatic heterocycles. The standard InChI is InChI=1S/C22H26N2O5/c1-12-3-4-13(2)16(9-12)23-17(25)11-29-18(26)7-8-24-21(27)19-14-5-6-15(10-14)20(19)22(24)28/h3-4,9,14-15,19-20H,5-8,10-11H2,1-2H3,(H,23,25)/t14-,15+,19-,20+. The quantitative estimate of drug-likeness (QED) is 0.586. The fraction of sp³-hybridized carbons (Fsp3) is 0.545. The van der Waals surface area contributed by atoms with Crippen LogP contribution in [0.15, 0.2) is 18.2 Å². The zero-order valence-corrected chi connectivity index (χ0v) is 16.8. The van der Waals surface area contributed by atoms with E-state index in [0.717, 1.165) is 30.4 Å². The third kappa shape index (κ3) is 3.66. The topological polar surface area (TPSA) is 92.8 Å². The summed E-state index contributed by atoms with van der Waals surface area (Å²) < 4.78 is 5.02. The minimum Gasteiger partial charge on any atom is -0.456 e. The molecule has 0 spiro atoms. The molecule has 3 aliphatic rings. The van der Waals surface area contributed by atoms with Crippen molar-refractivity contribution in [1.29, 1.82) is 0 Å². The maximum absolute atomic E-state index is 12.6. The van der Waals surface area contributed by atoms with Crippen LogP contribution in [-0.4, -0.2) is 41.7 Å². The first-order valence-corrected chi connectivity index (χ1v) is 10.2. The van der Waals surface area contributed by atoms with E-state index in [-0.39, 0.29) is 36.6 Å². The summed E-state index contributed by atoms with van der Waals surface area (Å²) in [5.41, 5.74) is 2.61. The molecule has 1 heterocycles. The number of anilines is 1. The zero-order chi connectivity index (χ0) is 20.7. The van der Waals surface area contributed by atoms with Gasteiger partial charge in [-0.05, 0) is 62.1 Å². The minimum atomic E-state index is -0.596. The number of carbonyl (C=O) groups is 4. The lowest BCUT2D eigenvalue weighted by atomic mass is 9.81. The SMILES string of the molecule is Cc1ccc(C)c(NC(=O)COC(=O)CCN2C(=O)[C@@H]3[C@@H]4CC[C@@H](C4)[C@@H]3C2=O)c1. The van der Waals surface area contributed by atoms with Crippen LogP contribution in [0.1, 0.15) is 36.8 Å². The molecule has 154 valence electrons. The van der Waals surface area contributed by atoms with E-state index >= 15 is 0 Å². The Morgan fingerprint density at radius 1 is 1.10 bits per heavy atom. The van der Waals surface area contributed by atoms with Crippen LogP contribution in [0.3, 0.4) is 0 Å². The third-order valence-corrected chi connectivity index (χ3v) is 6.59. The van der Waals surface area contributed by atoms with Gasteiger partial charge in [0.15, 0.2) is 6.61 Å². The number of nitrogens with zero attached hydrogens (tertiary/aromatic N) is 1. The lowest BCUT2D eigenvalue weighted by molar-refractivity contribution is -0.149. The van der Waals surface area contributed by atoms with Crippen molar-refractivity contribution in [2.75, 3.05) is 18.5 Å². The molecule has 2 bridgehead atoms. The van der Waals surface area contributed by atoms with E-state index < -0.39 is 18.5 Å². The lowest BCUT2D eigenvalue weighted by Crippen LogP contribution is -2.35. The summed E-state index contributed by atoms with van der Waals surface area (Å²) >= 11 is 0. The highest BCUT2D eigenvalue weighted by atomic mass is 16.5. The van der Waals surface area contributed by atoms with Crippen molar-refractivity contribution < 1.29 is 23.9 Å². The number of nitrogens with one attached hydrogen (secondary N) is 1. The molecule has 7 nitrogen and oxygen atoms in total. The average molecular weight is 398 g/mol. The second-order valence-corrected chi connectivity index (χ2v) is 8.49. The van der Waals surface area contributed by atoms with Crippen molar-refractivity contribution in [2.45, 2.75) is 39.5 Å². The first-order valence-electron chi connectivity index (χ1n) is 10.2. The molecule has 1 aromatic rings. The molecule has 0 radical (unpaired) electrons. The third-order valence-electron chi connectivity index (χ3n) is 6.59. The Kier molecular flexibility index (Phi) is 5.15. The van der Waals surface area contributed by atoms with Crippen LogP contribution in [0.4, 0.5) is 5.69 Å². The molecule has 3 amide bonds. The van der Waals surface area contributed by atoms with Crippen molar-refractivity contribution in [1.82, 2.24) is 4.90 Å². The molecule has 1 aliphatic heterocycles. The van der Waals surface area contributed by atoms with Gasteiger partial charge in [-0.15, -0.1) is 0 Å². The molecule has 3 fully saturated rings. The highest BCUT2D eigenvalue weighted by Gasteiger charge is 2.60. The number of carbonyl (C=O) groups excluding carboxylic acids is 4. The smallest absolute Gasteiger partial charge is 0.308 e. The minimum absolute atomic E-state index is 0.0293. The summed E-state index contributed by atoms with van der Waals surface area (Å²) in [6, 6.07) is 5.71. The van der Waals surface area contributed by atoms with Crippen molar-refractivity contribution in [2.24, 2.45) is 23.7 Å². The van der Waals surface area contributed by atoms with Gasteiger partial charge in [-0.3, -0.25) is 24.1 Å². The van der Waals surface area contributed by atoms with Gasteiger partial charge in [0.05, 0.1) is 18.3 Å². The van der Waals surface area contributed by atoms with Crippen LogP contribution >= 0.6 is 0 Å². The predicted molar refractivity (Wildman–Crippen MR) is 105 cm³/mol. The Balaban J connectivity index is 1.24. The van der Waals surface area contributed by atoms with E-state index in [9.17, 15) is 19.2 Å². The Labute approximate surface area is 169 Å². The van der Waals surface area contributed by atoms with Crippen molar-refractivity contribution >= 4 is 29.4 Å². The molecule has 29 heavy (non-hydrogen) atoms. The molecule has 1 aromatic carbocycles. The second-order valence-electron chi connectivity index (χ2n) is 8.49. The van der Waals surface area contributed by atoms with Crippen molar-refractivity contribution in [3.05, 3.63) is 29.3 Å². The number of benzene rings is 1. The van der Waals surface area contributed by atoms with Crippen LogP contribution in [0.5, 0.6) is 0 Å². The number of aryl methyl sites for hydroxylation is 2. The molecule has 1 N–H and O–H groups in total. The van der Waals surface area contributed by atoms with Crippen LogP contribution in [-0.2, 0) is 23.9 Å². The second kappa shape index (κ2) is 7.61. The molecular formula is C22H26N2O5. The number of esters is 1. The normalized spacial score (nSPS) is 27.3. The maximum atomic E-state index is 12.6. The average Bonchev–Trinajstić information content (AvgIpc) is 3.36. The molecule has 4 atom stereocenters. The number of hydrogen-bond donors (Lipinski definition) is 1. The first-order chi connectivity index (χ1) is 13.8. The predicted octanol–water partition coefficient (Wildman–Crippen LogP) is 2.21. The molecule has 7 heteroatoms. The fourth-order valence-corrected chi connectivity index (χ4v) is 5.17. The number of likely N-dealkylation sites (tertiary alicyclic amines) is 1. The molecule has 1 saturated heterocycles.